The van der Waals surface area contributed by atoms with Crippen LogP contribution in [0.2, 0.25) is 0 Å². The Morgan fingerprint density at radius 3 is 2.48 bits per heavy atom. The van der Waals surface area contributed by atoms with Crippen LogP contribution in [0.1, 0.15) is 11.6 Å². The van der Waals surface area contributed by atoms with Gasteiger partial charge in [-0.05, 0) is 30.3 Å². The van der Waals surface area contributed by atoms with E-state index < -0.39 is 23.5 Å². The van der Waals surface area contributed by atoms with Crippen LogP contribution in [0.4, 0.5) is 18.9 Å². The van der Waals surface area contributed by atoms with Crippen molar-refractivity contribution in [1.82, 2.24) is 0 Å². The highest BCUT2D eigenvalue weighted by Gasteiger charge is 2.17. The van der Waals surface area contributed by atoms with Crippen molar-refractivity contribution in [2.45, 2.75) is 6.04 Å². The minimum atomic E-state index is -0.762. The Labute approximate surface area is 120 Å². The van der Waals surface area contributed by atoms with Crippen LogP contribution in [0.3, 0.4) is 0 Å². The lowest BCUT2D eigenvalue weighted by Crippen LogP contribution is -2.22. The molecule has 0 aromatic heterocycles. The lowest BCUT2D eigenvalue weighted by Gasteiger charge is -2.20. The Morgan fingerprint density at radius 1 is 1.10 bits per heavy atom. The monoisotopic (exact) mass is 296 g/mol. The first kappa shape index (κ1) is 15.2. The van der Waals surface area contributed by atoms with E-state index in [1.165, 1.54) is 25.3 Å². The number of benzene rings is 2. The zero-order valence-electron chi connectivity index (χ0n) is 11.4. The Morgan fingerprint density at radius 2 is 1.81 bits per heavy atom. The molecule has 21 heavy (non-hydrogen) atoms. The second-order valence-electron chi connectivity index (χ2n) is 4.44. The molecule has 0 spiro atoms. The van der Waals surface area contributed by atoms with E-state index in [1.54, 1.807) is 0 Å². The Kier molecular flexibility index (Phi) is 4.70. The summed E-state index contributed by atoms with van der Waals surface area (Å²) >= 11 is 0. The van der Waals surface area contributed by atoms with Crippen molar-refractivity contribution in [1.29, 1.82) is 0 Å². The quantitative estimate of drug-likeness (QED) is 0.890. The van der Waals surface area contributed by atoms with Crippen molar-refractivity contribution in [2.24, 2.45) is 5.73 Å². The normalized spacial score (nSPS) is 12.0. The SMILES string of the molecule is COc1ccc(F)c(NC(CN)c2cc(F)ccc2F)c1. The summed E-state index contributed by atoms with van der Waals surface area (Å²) < 4.78 is 45.8. The largest absolute Gasteiger partial charge is 0.497 e. The number of hydrogen-bond donors (Lipinski definition) is 2. The zero-order chi connectivity index (χ0) is 15.4. The molecule has 0 amide bonds. The minimum absolute atomic E-state index is 0.0307. The molecular formula is C15H15F3N2O. The van der Waals surface area contributed by atoms with E-state index in [-0.39, 0.29) is 17.8 Å². The number of ether oxygens (including phenoxy) is 1. The maximum atomic E-state index is 13.8. The molecule has 0 aliphatic carbocycles. The van der Waals surface area contributed by atoms with Gasteiger partial charge in [0.2, 0.25) is 0 Å². The molecule has 2 aromatic rings. The fourth-order valence-corrected chi connectivity index (χ4v) is 1.97. The van der Waals surface area contributed by atoms with Gasteiger partial charge in [-0.3, -0.25) is 0 Å². The molecule has 1 unspecified atom stereocenters. The van der Waals surface area contributed by atoms with Crippen LogP contribution in [-0.2, 0) is 0 Å². The van der Waals surface area contributed by atoms with Crippen LogP contribution < -0.4 is 15.8 Å². The summed E-state index contributed by atoms with van der Waals surface area (Å²) in [5.41, 5.74) is 5.73. The molecule has 0 heterocycles. The molecule has 0 saturated carbocycles. The molecule has 0 fully saturated rings. The molecule has 0 bridgehead atoms. The maximum Gasteiger partial charge on any atom is 0.146 e. The third-order valence-electron chi connectivity index (χ3n) is 3.07. The van der Waals surface area contributed by atoms with Crippen molar-refractivity contribution in [2.75, 3.05) is 19.0 Å². The molecule has 3 nitrogen and oxygen atoms in total. The number of anilines is 1. The Balaban J connectivity index is 2.33. The first-order valence-electron chi connectivity index (χ1n) is 6.30. The van der Waals surface area contributed by atoms with Gasteiger partial charge < -0.3 is 15.8 Å². The maximum absolute atomic E-state index is 13.8. The Hall–Kier alpha value is -2.21. The van der Waals surface area contributed by atoms with Gasteiger partial charge in [0, 0.05) is 18.2 Å². The first-order valence-corrected chi connectivity index (χ1v) is 6.30. The highest BCUT2D eigenvalue weighted by Crippen LogP contribution is 2.27. The molecule has 6 heteroatoms. The molecule has 0 aliphatic heterocycles. The van der Waals surface area contributed by atoms with E-state index in [4.69, 9.17) is 10.5 Å². The van der Waals surface area contributed by atoms with E-state index in [1.807, 2.05) is 0 Å². The number of rotatable bonds is 5. The lowest BCUT2D eigenvalue weighted by molar-refractivity contribution is 0.414. The molecule has 0 aliphatic rings. The van der Waals surface area contributed by atoms with Crippen molar-refractivity contribution < 1.29 is 17.9 Å². The molecule has 2 rings (SSSR count). The molecular weight excluding hydrogens is 281 g/mol. The zero-order valence-corrected chi connectivity index (χ0v) is 11.4. The molecule has 1 atom stereocenters. The van der Waals surface area contributed by atoms with Gasteiger partial charge in [-0.25, -0.2) is 13.2 Å². The van der Waals surface area contributed by atoms with E-state index in [0.29, 0.717) is 5.75 Å². The third kappa shape index (κ3) is 3.46. The standard InChI is InChI=1S/C15H15F3N2O/c1-21-10-3-5-13(18)14(7-10)20-15(8-19)11-6-9(16)2-4-12(11)17/h2-7,15,20H,8,19H2,1H3. The van der Waals surface area contributed by atoms with Crippen LogP contribution in [-0.4, -0.2) is 13.7 Å². The molecule has 0 radical (unpaired) electrons. The number of hydrogen-bond acceptors (Lipinski definition) is 3. The summed E-state index contributed by atoms with van der Waals surface area (Å²) in [5, 5.41) is 2.77. The summed E-state index contributed by atoms with van der Waals surface area (Å²) in [6.07, 6.45) is 0. The smallest absolute Gasteiger partial charge is 0.146 e. The molecule has 3 N–H and O–H groups in total. The predicted molar refractivity (Wildman–Crippen MR) is 74.7 cm³/mol. The fraction of sp³-hybridized carbons (Fsp3) is 0.200. The van der Waals surface area contributed by atoms with Gasteiger partial charge in [0.1, 0.15) is 23.2 Å². The summed E-state index contributed by atoms with van der Waals surface area (Å²) in [4.78, 5) is 0. The van der Waals surface area contributed by atoms with Gasteiger partial charge in [0.05, 0.1) is 18.8 Å². The fourth-order valence-electron chi connectivity index (χ4n) is 1.97. The van der Waals surface area contributed by atoms with E-state index in [0.717, 1.165) is 18.2 Å². The average molecular weight is 296 g/mol. The van der Waals surface area contributed by atoms with Crippen LogP contribution in [0.15, 0.2) is 36.4 Å². The summed E-state index contributed by atoms with van der Waals surface area (Å²) in [7, 11) is 1.45. The van der Waals surface area contributed by atoms with Crippen molar-refractivity contribution >= 4 is 5.69 Å². The van der Waals surface area contributed by atoms with Gasteiger partial charge in [0.15, 0.2) is 0 Å². The van der Waals surface area contributed by atoms with E-state index in [9.17, 15) is 13.2 Å². The van der Waals surface area contributed by atoms with Crippen LogP contribution >= 0.6 is 0 Å². The number of nitrogens with one attached hydrogen (secondary N) is 1. The van der Waals surface area contributed by atoms with E-state index in [2.05, 4.69) is 5.32 Å². The number of methoxy groups -OCH3 is 1. The van der Waals surface area contributed by atoms with Crippen molar-refractivity contribution in [3.8, 4) is 5.75 Å². The van der Waals surface area contributed by atoms with Gasteiger partial charge in [-0.1, -0.05) is 0 Å². The molecule has 0 saturated heterocycles. The number of nitrogens with two attached hydrogens (primary N) is 1. The highest BCUT2D eigenvalue weighted by molar-refractivity contribution is 5.51. The second kappa shape index (κ2) is 6.49. The average Bonchev–Trinajstić information content (AvgIpc) is 2.49. The molecule has 112 valence electrons. The summed E-state index contributed by atoms with van der Waals surface area (Å²) in [5.74, 6) is -1.29. The van der Waals surface area contributed by atoms with Crippen LogP contribution in [0.5, 0.6) is 5.75 Å². The van der Waals surface area contributed by atoms with Crippen LogP contribution in [0.25, 0.3) is 0 Å². The summed E-state index contributed by atoms with van der Waals surface area (Å²) in [6.45, 7) is -0.0307. The van der Waals surface area contributed by atoms with Gasteiger partial charge in [0.25, 0.3) is 0 Å². The molecule has 2 aromatic carbocycles. The van der Waals surface area contributed by atoms with Crippen LogP contribution in [0, 0.1) is 17.5 Å². The predicted octanol–water partition coefficient (Wildman–Crippen LogP) is 3.22. The highest BCUT2D eigenvalue weighted by atomic mass is 19.1. The van der Waals surface area contributed by atoms with Gasteiger partial charge in [-0.2, -0.15) is 0 Å². The Bertz CT molecular complexity index is 634. The third-order valence-corrected chi connectivity index (χ3v) is 3.07. The van der Waals surface area contributed by atoms with Crippen molar-refractivity contribution in [3.63, 3.8) is 0 Å². The van der Waals surface area contributed by atoms with Crippen molar-refractivity contribution in [3.05, 3.63) is 59.4 Å². The number of halogens is 3. The summed E-state index contributed by atoms with van der Waals surface area (Å²) in [6, 6.07) is 6.40. The minimum Gasteiger partial charge on any atom is -0.497 e. The first-order chi connectivity index (χ1) is 10.0. The van der Waals surface area contributed by atoms with Gasteiger partial charge in [-0.15, -0.1) is 0 Å². The van der Waals surface area contributed by atoms with Gasteiger partial charge >= 0.3 is 0 Å². The second-order valence-corrected chi connectivity index (χ2v) is 4.44. The topological polar surface area (TPSA) is 47.3 Å². The van der Waals surface area contributed by atoms with E-state index >= 15 is 0 Å². The lowest BCUT2D eigenvalue weighted by atomic mass is 10.1.